The molecule has 1 aliphatic rings. The summed E-state index contributed by atoms with van der Waals surface area (Å²) in [5.74, 6) is -0.0552. The Morgan fingerprint density at radius 1 is 1.11 bits per heavy atom. The molecule has 0 unspecified atom stereocenters. The van der Waals surface area contributed by atoms with Gasteiger partial charge in [0.1, 0.15) is 5.60 Å². The topological polar surface area (TPSA) is 114 Å². The molecule has 0 bridgehead atoms. The molecule has 2 rings (SSSR count). The van der Waals surface area contributed by atoms with Crippen LogP contribution in [0.15, 0.2) is 29.3 Å². The highest BCUT2D eigenvalue weighted by atomic mass is 127. The van der Waals surface area contributed by atoms with Crippen LogP contribution in [-0.4, -0.2) is 59.5 Å². The first-order chi connectivity index (χ1) is 12.2. The first kappa shape index (κ1) is 23.0. The summed E-state index contributed by atoms with van der Waals surface area (Å²) in [7, 11) is 0. The first-order valence-electron chi connectivity index (χ1n) is 8.57. The Morgan fingerprint density at radius 3 is 2.26 bits per heavy atom. The Morgan fingerprint density at radius 2 is 1.70 bits per heavy atom. The monoisotopic (exact) mass is 489 g/mol. The van der Waals surface area contributed by atoms with Crippen molar-refractivity contribution < 1.29 is 14.3 Å². The summed E-state index contributed by atoms with van der Waals surface area (Å²) in [6.07, 6.45) is -0.309. The lowest BCUT2D eigenvalue weighted by atomic mass is 10.1. The van der Waals surface area contributed by atoms with Crippen LogP contribution in [0.5, 0.6) is 0 Å². The van der Waals surface area contributed by atoms with Gasteiger partial charge in [-0.15, -0.1) is 24.0 Å². The molecule has 0 spiro atoms. The van der Waals surface area contributed by atoms with E-state index in [0.29, 0.717) is 44.2 Å². The summed E-state index contributed by atoms with van der Waals surface area (Å²) < 4.78 is 5.38. The quantitative estimate of drug-likeness (QED) is 0.382. The van der Waals surface area contributed by atoms with E-state index in [1.165, 1.54) is 0 Å². The van der Waals surface area contributed by atoms with Crippen molar-refractivity contribution in [2.24, 2.45) is 16.5 Å². The fourth-order valence-electron chi connectivity index (χ4n) is 2.54. The summed E-state index contributed by atoms with van der Waals surface area (Å²) >= 11 is 0. The second-order valence-electron chi connectivity index (χ2n) is 7.19. The van der Waals surface area contributed by atoms with Crippen LogP contribution in [0, 0.1) is 0 Å². The molecule has 0 atom stereocenters. The highest BCUT2D eigenvalue weighted by Crippen LogP contribution is 2.12. The van der Waals surface area contributed by atoms with E-state index in [1.807, 2.05) is 31.7 Å². The number of guanidine groups is 1. The molecule has 1 aromatic rings. The van der Waals surface area contributed by atoms with Gasteiger partial charge < -0.3 is 26.0 Å². The van der Waals surface area contributed by atoms with Gasteiger partial charge >= 0.3 is 6.09 Å². The van der Waals surface area contributed by atoms with Gasteiger partial charge in [0.15, 0.2) is 5.96 Å². The zero-order chi connectivity index (χ0) is 19.3. The number of nitrogens with two attached hydrogens (primary N) is 2. The zero-order valence-corrected chi connectivity index (χ0v) is 18.3. The van der Waals surface area contributed by atoms with E-state index in [1.54, 1.807) is 23.1 Å². The van der Waals surface area contributed by atoms with Crippen molar-refractivity contribution in [3.8, 4) is 0 Å². The van der Waals surface area contributed by atoms with Crippen LogP contribution in [-0.2, 0) is 11.3 Å². The zero-order valence-electron chi connectivity index (χ0n) is 16.0. The number of amides is 2. The predicted octanol–water partition coefficient (Wildman–Crippen LogP) is 1.77. The second-order valence-corrected chi connectivity index (χ2v) is 7.19. The van der Waals surface area contributed by atoms with Crippen molar-refractivity contribution in [2.45, 2.75) is 32.9 Å². The number of piperazine rings is 1. The van der Waals surface area contributed by atoms with Crippen LogP contribution in [0.1, 0.15) is 36.7 Å². The maximum Gasteiger partial charge on any atom is 0.410 e. The van der Waals surface area contributed by atoms with Crippen LogP contribution >= 0.6 is 24.0 Å². The predicted molar refractivity (Wildman–Crippen MR) is 115 cm³/mol. The molecule has 8 nitrogen and oxygen atoms in total. The van der Waals surface area contributed by atoms with Crippen molar-refractivity contribution in [1.29, 1.82) is 0 Å². The van der Waals surface area contributed by atoms with Crippen molar-refractivity contribution in [2.75, 3.05) is 26.2 Å². The van der Waals surface area contributed by atoms with Crippen molar-refractivity contribution in [3.05, 3.63) is 35.4 Å². The number of aliphatic imine (C=N–C) groups is 1. The van der Waals surface area contributed by atoms with Gasteiger partial charge in [0, 0.05) is 31.7 Å². The average Bonchev–Trinajstić information content (AvgIpc) is 2.58. The van der Waals surface area contributed by atoms with E-state index in [4.69, 9.17) is 16.2 Å². The molecule has 2 amide bonds. The second kappa shape index (κ2) is 9.77. The minimum Gasteiger partial charge on any atom is -0.444 e. The molecule has 0 aliphatic carbocycles. The molecule has 1 aromatic carbocycles. The number of benzene rings is 1. The third kappa shape index (κ3) is 7.24. The fourth-order valence-corrected chi connectivity index (χ4v) is 2.54. The number of hydrogen-bond donors (Lipinski definition) is 2. The Kier molecular flexibility index (Phi) is 8.32. The van der Waals surface area contributed by atoms with Gasteiger partial charge in [-0.05, 0) is 38.5 Å². The third-order valence-corrected chi connectivity index (χ3v) is 3.89. The lowest BCUT2D eigenvalue weighted by Crippen LogP contribution is -2.53. The Hall–Kier alpha value is -2.04. The highest BCUT2D eigenvalue weighted by molar-refractivity contribution is 14.0. The van der Waals surface area contributed by atoms with Gasteiger partial charge in [0.2, 0.25) is 5.91 Å². The summed E-state index contributed by atoms with van der Waals surface area (Å²) in [6, 6.07) is 7.00. The average molecular weight is 489 g/mol. The summed E-state index contributed by atoms with van der Waals surface area (Å²) in [6.45, 7) is 8.15. The van der Waals surface area contributed by atoms with Gasteiger partial charge in [-0.1, -0.05) is 12.1 Å². The number of carbonyl (C=O) groups is 2. The van der Waals surface area contributed by atoms with Crippen LogP contribution in [0.4, 0.5) is 4.79 Å². The standard InChI is InChI=1S/C18H27N5O3.HI/c1-18(2,3)26-17(25)23-9-7-22(8-10-23)16(20)21-12-13-5-4-6-14(11-13)15(19)24;/h4-6,11H,7-10,12H2,1-3H3,(H2,19,24)(H2,20,21);1H. The minimum atomic E-state index is -0.506. The number of halogens is 1. The lowest BCUT2D eigenvalue weighted by molar-refractivity contribution is 0.0186. The van der Waals surface area contributed by atoms with Crippen molar-refractivity contribution in [3.63, 3.8) is 0 Å². The summed E-state index contributed by atoms with van der Waals surface area (Å²) in [5.41, 5.74) is 12.1. The summed E-state index contributed by atoms with van der Waals surface area (Å²) in [5, 5.41) is 0. The molecule has 1 fully saturated rings. The number of carbonyl (C=O) groups excluding carboxylic acids is 2. The molecule has 4 N–H and O–H groups in total. The van der Waals surface area contributed by atoms with Crippen LogP contribution in [0.2, 0.25) is 0 Å². The van der Waals surface area contributed by atoms with Crippen LogP contribution < -0.4 is 11.5 Å². The van der Waals surface area contributed by atoms with E-state index in [0.717, 1.165) is 5.56 Å². The number of hydrogen-bond acceptors (Lipinski definition) is 4. The molecule has 27 heavy (non-hydrogen) atoms. The maximum atomic E-state index is 12.1. The molecule has 0 aromatic heterocycles. The fraction of sp³-hybridized carbons (Fsp3) is 0.500. The van der Waals surface area contributed by atoms with Crippen LogP contribution in [0.3, 0.4) is 0 Å². The molecule has 150 valence electrons. The Labute approximate surface area is 176 Å². The smallest absolute Gasteiger partial charge is 0.410 e. The van der Waals surface area contributed by atoms with Crippen LogP contribution in [0.25, 0.3) is 0 Å². The lowest BCUT2D eigenvalue weighted by Gasteiger charge is -2.36. The highest BCUT2D eigenvalue weighted by Gasteiger charge is 2.26. The van der Waals surface area contributed by atoms with E-state index >= 15 is 0 Å². The number of ether oxygens (including phenoxy) is 1. The maximum absolute atomic E-state index is 12.1. The van der Waals surface area contributed by atoms with E-state index in [-0.39, 0.29) is 30.1 Å². The Balaban J connectivity index is 0.00000364. The molecule has 0 radical (unpaired) electrons. The van der Waals surface area contributed by atoms with Gasteiger partial charge in [0.05, 0.1) is 6.54 Å². The number of rotatable bonds is 3. The van der Waals surface area contributed by atoms with E-state index in [9.17, 15) is 9.59 Å². The minimum absolute atomic E-state index is 0. The van der Waals surface area contributed by atoms with Gasteiger partial charge in [-0.2, -0.15) is 0 Å². The molecule has 1 heterocycles. The molecular formula is C18H28IN5O3. The SMILES string of the molecule is CC(C)(C)OC(=O)N1CCN(C(N)=NCc2cccc(C(N)=O)c2)CC1.I. The van der Waals surface area contributed by atoms with Crippen molar-refractivity contribution in [1.82, 2.24) is 9.80 Å². The van der Waals surface area contributed by atoms with Gasteiger partial charge in [-0.25, -0.2) is 9.79 Å². The molecular weight excluding hydrogens is 461 g/mol. The third-order valence-electron chi connectivity index (χ3n) is 3.89. The van der Waals surface area contributed by atoms with E-state index in [2.05, 4.69) is 4.99 Å². The number of nitrogens with zero attached hydrogens (tertiary/aromatic N) is 3. The molecule has 1 saturated heterocycles. The van der Waals surface area contributed by atoms with Crippen molar-refractivity contribution >= 4 is 41.9 Å². The normalized spacial score (nSPS) is 15.1. The largest absolute Gasteiger partial charge is 0.444 e. The van der Waals surface area contributed by atoms with Gasteiger partial charge in [0.25, 0.3) is 0 Å². The van der Waals surface area contributed by atoms with Gasteiger partial charge in [-0.3, -0.25) is 4.79 Å². The molecule has 1 aliphatic heterocycles. The Bertz CT molecular complexity index is 694. The number of primary amides is 1. The summed E-state index contributed by atoms with van der Waals surface area (Å²) in [4.78, 5) is 31.3. The molecule has 0 saturated carbocycles. The first-order valence-corrected chi connectivity index (χ1v) is 8.57. The molecule has 9 heteroatoms. The van der Waals surface area contributed by atoms with E-state index < -0.39 is 11.5 Å².